The summed E-state index contributed by atoms with van der Waals surface area (Å²) in [6.45, 7) is 4.04. The Morgan fingerprint density at radius 1 is 0.923 bits per heavy atom. The molecule has 0 bridgehead atoms. The van der Waals surface area contributed by atoms with Crippen molar-refractivity contribution in [3.05, 3.63) is 101 Å². The summed E-state index contributed by atoms with van der Waals surface area (Å²) in [5.41, 5.74) is 5.90. The van der Waals surface area contributed by atoms with E-state index in [1.54, 1.807) is 0 Å². The van der Waals surface area contributed by atoms with Gasteiger partial charge in [0.05, 0.1) is 11.6 Å². The van der Waals surface area contributed by atoms with Crippen LogP contribution >= 0.6 is 0 Å². The Hall–Kier alpha value is -3.38. The highest BCUT2D eigenvalue weighted by atomic mass is 15.1. The van der Waals surface area contributed by atoms with Gasteiger partial charge in [0, 0.05) is 17.3 Å². The lowest BCUT2D eigenvalue weighted by Gasteiger charge is -2.21. The Balaban J connectivity index is 2.06. The van der Waals surface area contributed by atoms with Crippen LogP contribution in [-0.2, 0) is 0 Å². The third-order valence-electron chi connectivity index (χ3n) is 4.74. The quantitative estimate of drug-likeness (QED) is 0.518. The SMILES string of the molecule is Cc1cc(C)c2c(C#N)cn(C(c3ccccc3)c3ccccc3)c2n1. The van der Waals surface area contributed by atoms with Gasteiger partial charge in [-0.3, -0.25) is 0 Å². The van der Waals surface area contributed by atoms with E-state index in [-0.39, 0.29) is 6.04 Å². The molecule has 0 aliphatic heterocycles. The summed E-state index contributed by atoms with van der Waals surface area (Å²) >= 11 is 0. The lowest BCUT2D eigenvalue weighted by molar-refractivity contribution is 0.697. The first kappa shape index (κ1) is 16.1. The fraction of sp³-hybridized carbons (Fsp3) is 0.130. The molecule has 0 saturated heterocycles. The third-order valence-corrected chi connectivity index (χ3v) is 4.74. The number of hydrogen-bond donors (Lipinski definition) is 0. The van der Waals surface area contributed by atoms with Crippen LogP contribution in [0.1, 0.15) is 34.0 Å². The first-order valence-electron chi connectivity index (χ1n) is 8.68. The second-order valence-corrected chi connectivity index (χ2v) is 6.56. The van der Waals surface area contributed by atoms with E-state index in [1.165, 1.54) is 11.1 Å². The maximum absolute atomic E-state index is 9.67. The fourth-order valence-electron chi connectivity index (χ4n) is 3.67. The molecule has 2 aromatic carbocycles. The molecule has 0 aliphatic rings. The molecule has 0 amide bonds. The molecule has 26 heavy (non-hydrogen) atoms. The van der Waals surface area contributed by atoms with Gasteiger partial charge in [-0.25, -0.2) is 4.98 Å². The Bertz CT molecular complexity index is 1060. The zero-order chi connectivity index (χ0) is 18.1. The van der Waals surface area contributed by atoms with E-state index < -0.39 is 0 Å². The smallest absolute Gasteiger partial charge is 0.142 e. The van der Waals surface area contributed by atoms with Gasteiger partial charge in [0.25, 0.3) is 0 Å². The molecule has 4 rings (SSSR count). The van der Waals surface area contributed by atoms with E-state index in [4.69, 9.17) is 4.98 Å². The zero-order valence-electron chi connectivity index (χ0n) is 14.8. The van der Waals surface area contributed by atoms with Crippen molar-refractivity contribution in [2.75, 3.05) is 0 Å². The van der Waals surface area contributed by atoms with E-state index in [0.29, 0.717) is 5.56 Å². The molecule has 0 aliphatic carbocycles. The largest absolute Gasteiger partial charge is 0.319 e. The molecule has 126 valence electrons. The van der Waals surface area contributed by atoms with Crippen LogP contribution in [0.3, 0.4) is 0 Å². The van der Waals surface area contributed by atoms with Crippen LogP contribution in [-0.4, -0.2) is 9.55 Å². The normalized spacial score (nSPS) is 11.0. The molecule has 0 N–H and O–H groups in total. The summed E-state index contributed by atoms with van der Waals surface area (Å²) in [6, 6.07) is 25.1. The highest BCUT2D eigenvalue weighted by molar-refractivity contribution is 5.87. The molecular formula is C23H19N3. The van der Waals surface area contributed by atoms with Crippen LogP contribution in [0, 0.1) is 25.2 Å². The van der Waals surface area contributed by atoms with Crippen LogP contribution in [0.5, 0.6) is 0 Å². The number of fused-ring (bicyclic) bond motifs is 1. The topological polar surface area (TPSA) is 41.6 Å². The molecule has 0 unspecified atom stereocenters. The minimum absolute atomic E-state index is 0.0318. The number of nitriles is 1. The van der Waals surface area contributed by atoms with Crippen LogP contribution < -0.4 is 0 Å². The van der Waals surface area contributed by atoms with Crippen molar-refractivity contribution in [3.8, 4) is 6.07 Å². The molecule has 0 fully saturated rings. The molecule has 2 heterocycles. The first-order valence-corrected chi connectivity index (χ1v) is 8.68. The van der Waals surface area contributed by atoms with Gasteiger partial charge >= 0.3 is 0 Å². The number of nitrogens with zero attached hydrogens (tertiary/aromatic N) is 3. The molecule has 0 radical (unpaired) electrons. The van der Waals surface area contributed by atoms with Crippen LogP contribution in [0.2, 0.25) is 0 Å². The Morgan fingerprint density at radius 2 is 1.50 bits per heavy atom. The summed E-state index contributed by atoms with van der Waals surface area (Å²) in [6.07, 6.45) is 1.94. The Morgan fingerprint density at radius 3 is 2.04 bits per heavy atom. The molecule has 2 aromatic heterocycles. The summed E-state index contributed by atoms with van der Waals surface area (Å²) in [5, 5.41) is 10.6. The highest BCUT2D eigenvalue weighted by Gasteiger charge is 2.22. The van der Waals surface area contributed by atoms with Crippen molar-refractivity contribution in [3.63, 3.8) is 0 Å². The van der Waals surface area contributed by atoms with Crippen LogP contribution in [0.25, 0.3) is 11.0 Å². The van der Waals surface area contributed by atoms with E-state index >= 15 is 0 Å². The molecular weight excluding hydrogens is 318 g/mol. The number of pyridine rings is 1. The number of benzene rings is 2. The number of aryl methyl sites for hydroxylation is 2. The van der Waals surface area contributed by atoms with Gasteiger partial charge in [-0.15, -0.1) is 0 Å². The van der Waals surface area contributed by atoms with Crippen molar-refractivity contribution in [1.82, 2.24) is 9.55 Å². The van der Waals surface area contributed by atoms with Gasteiger partial charge in [-0.1, -0.05) is 60.7 Å². The standard InChI is InChI=1S/C23H19N3/c1-16-13-17(2)25-23-21(16)20(14-24)15-26(23)22(18-9-5-3-6-10-18)19-11-7-4-8-12-19/h3-13,15,22H,1-2H3. The second kappa shape index (κ2) is 6.50. The third kappa shape index (κ3) is 2.66. The van der Waals surface area contributed by atoms with E-state index in [0.717, 1.165) is 22.3 Å². The van der Waals surface area contributed by atoms with Gasteiger partial charge in [0.15, 0.2) is 0 Å². The Kier molecular flexibility index (Phi) is 4.02. The van der Waals surface area contributed by atoms with Gasteiger partial charge in [0.2, 0.25) is 0 Å². The molecule has 3 heteroatoms. The van der Waals surface area contributed by atoms with E-state index in [1.807, 2.05) is 62.5 Å². The lowest BCUT2D eigenvalue weighted by Crippen LogP contribution is -2.12. The summed E-state index contributed by atoms with van der Waals surface area (Å²) in [7, 11) is 0. The number of hydrogen-bond acceptors (Lipinski definition) is 2. The zero-order valence-corrected chi connectivity index (χ0v) is 14.8. The first-order chi connectivity index (χ1) is 12.7. The maximum Gasteiger partial charge on any atom is 0.142 e. The van der Waals surface area contributed by atoms with Crippen molar-refractivity contribution >= 4 is 11.0 Å². The summed E-state index contributed by atoms with van der Waals surface area (Å²) in [4.78, 5) is 4.79. The van der Waals surface area contributed by atoms with Crippen molar-refractivity contribution < 1.29 is 0 Å². The minimum Gasteiger partial charge on any atom is -0.319 e. The lowest BCUT2D eigenvalue weighted by atomic mass is 9.98. The Labute approximate surface area is 153 Å². The molecule has 0 atom stereocenters. The molecule has 3 nitrogen and oxygen atoms in total. The monoisotopic (exact) mass is 337 g/mol. The van der Waals surface area contributed by atoms with Crippen molar-refractivity contribution in [2.24, 2.45) is 0 Å². The van der Waals surface area contributed by atoms with E-state index in [2.05, 4.69) is 34.9 Å². The predicted molar refractivity (Wildman–Crippen MR) is 104 cm³/mol. The predicted octanol–water partition coefficient (Wildman–Crippen LogP) is 5.16. The average molecular weight is 337 g/mol. The average Bonchev–Trinajstić information content (AvgIpc) is 3.02. The van der Waals surface area contributed by atoms with Crippen LogP contribution in [0.4, 0.5) is 0 Å². The molecule has 4 aromatic rings. The van der Waals surface area contributed by atoms with E-state index in [9.17, 15) is 5.26 Å². The van der Waals surface area contributed by atoms with Gasteiger partial charge < -0.3 is 4.57 Å². The van der Waals surface area contributed by atoms with Crippen LogP contribution in [0.15, 0.2) is 72.9 Å². The molecule has 0 saturated carbocycles. The maximum atomic E-state index is 9.67. The summed E-state index contributed by atoms with van der Waals surface area (Å²) in [5.74, 6) is 0. The molecule has 0 spiro atoms. The minimum atomic E-state index is -0.0318. The van der Waals surface area contributed by atoms with Gasteiger partial charge in [0.1, 0.15) is 11.7 Å². The van der Waals surface area contributed by atoms with Crippen molar-refractivity contribution in [2.45, 2.75) is 19.9 Å². The fourth-order valence-corrected chi connectivity index (χ4v) is 3.67. The number of aromatic nitrogens is 2. The summed E-state index contributed by atoms with van der Waals surface area (Å²) < 4.78 is 2.14. The second-order valence-electron chi connectivity index (χ2n) is 6.56. The van der Waals surface area contributed by atoms with Gasteiger partial charge in [-0.05, 0) is 36.6 Å². The highest BCUT2D eigenvalue weighted by Crippen LogP contribution is 2.33. The number of rotatable bonds is 3. The van der Waals surface area contributed by atoms with Crippen molar-refractivity contribution in [1.29, 1.82) is 5.26 Å². The van der Waals surface area contributed by atoms with Gasteiger partial charge in [-0.2, -0.15) is 5.26 Å².